The van der Waals surface area contributed by atoms with Crippen molar-refractivity contribution in [2.45, 2.75) is 62.7 Å². The maximum Gasteiger partial charge on any atom is 0.326 e. The third-order valence-electron chi connectivity index (χ3n) is 5.53. The van der Waals surface area contributed by atoms with E-state index in [2.05, 4.69) is 20.6 Å². The van der Waals surface area contributed by atoms with Gasteiger partial charge in [0.2, 0.25) is 17.7 Å². The van der Waals surface area contributed by atoms with E-state index < -0.39 is 54.5 Å². The van der Waals surface area contributed by atoms with Gasteiger partial charge in [0, 0.05) is 24.9 Å². The van der Waals surface area contributed by atoms with Gasteiger partial charge in [0.1, 0.15) is 18.1 Å². The van der Waals surface area contributed by atoms with Gasteiger partial charge in [-0.25, -0.2) is 9.78 Å². The lowest BCUT2D eigenvalue weighted by atomic mass is 10.1. The first-order valence-corrected chi connectivity index (χ1v) is 11.0. The first kappa shape index (κ1) is 26.2. The number of amides is 3. The first-order chi connectivity index (χ1) is 15.8. The number of H-pyrrole nitrogens is 1. The average Bonchev–Trinajstić information content (AvgIpc) is 3.48. The van der Waals surface area contributed by atoms with Crippen LogP contribution in [0.2, 0.25) is 0 Å². The second-order valence-corrected chi connectivity index (χ2v) is 8.00. The van der Waals surface area contributed by atoms with E-state index in [0.29, 0.717) is 37.9 Å². The van der Waals surface area contributed by atoms with Crippen molar-refractivity contribution in [1.29, 1.82) is 0 Å². The van der Waals surface area contributed by atoms with Gasteiger partial charge in [0.05, 0.1) is 19.0 Å². The van der Waals surface area contributed by atoms with E-state index in [1.165, 1.54) is 17.4 Å². The molecule has 3 amide bonds. The second-order valence-electron chi connectivity index (χ2n) is 8.00. The van der Waals surface area contributed by atoms with Crippen LogP contribution in [0.15, 0.2) is 12.5 Å². The molecule has 1 saturated heterocycles. The Morgan fingerprint density at radius 3 is 2.55 bits per heavy atom. The van der Waals surface area contributed by atoms with Crippen LogP contribution in [0.4, 0.5) is 0 Å². The largest absolute Gasteiger partial charge is 0.480 e. The Bertz CT molecular complexity index is 803. The summed E-state index contributed by atoms with van der Waals surface area (Å²) in [6, 6.07) is -4.27. The summed E-state index contributed by atoms with van der Waals surface area (Å²) in [6.45, 7) is -0.0267. The van der Waals surface area contributed by atoms with Crippen LogP contribution in [0.3, 0.4) is 0 Å². The lowest BCUT2D eigenvalue weighted by molar-refractivity contribution is -0.149. The number of likely N-dealkylation sites (tertiary alicyclic amines) is 1. The minimum atomic E-state index is -1.33. The van der Waals surface area contributed by atoms with Crippen molar-refractivity contribution in [1.82, 2.24) is 25.5 Å². The Morgan fingerprint density at radius 2 is 1.94 bits per heavy atom. The fraction of sp³-hybridized carbons (Fsp3) is 0.650. The van der Waals surface area contributed by atoms with Gasteiger partial charge >= 0.3 is 5.97 Å². The van der Waals surface area contributed by atoms with Crippen molar-refractivity contribution in [2.75, 3.05) is 19.7 Å². The summed E-state index contributed by atoms with van der Waals surface area (Å²) in [5.41, 5.74) is 12.0. The van der Waals surface area contributed by atoms with E-state index in [1.54, 1.807) is 0 Å². The molecule has 1 aromatic heterocycles. The lowest BCUT2D eigenvalue weighted by Crippen LogP contribution is -2.58. The van der Waals surface area contributed by atoms with Crippen LogP contribution in [0.1, 0.15) is 37.8 Å². The molecule has 184 valence electrons. The molecule has 0 aliphatic carbocycles. The van der Waals surface area contributed by atoms with Crippen molar-refractivity contribution in [3.05, 3.63) is 18.2 Å². The summed E-state index contributed by atoms with van der Waals surface area (Å²) < 4.78 is 0. The number of aliphatic carboxylic acids is 1. The Balaban J connectivity index is 2.03. The maximum atomic E-state index is 13.0. The number of aliphatic hydroxyl groups excluding tert-OH is 1. The molecule has 0 radical (unpaired) electrons. The molecule has 0 spiro atoms. The van der Waals surface area contributed by atoms with E-state index in [4.69, 9.17) is 11.5 Å². The number of rotatable bonds is 13. The number of hydrogen-bond donors (Lipinski definition) is 7. The molecule has 33 heavy (non-hydrogen) atoms. The van der Waals surface area contributed by atoms with E-state index in [1.807, 2.05) is 0 Å². The number of nitrogens with two attached hydrogens (primary N) is 2. The number of aromatic nitrogens is 2. The maximum absolute atomic E-state index is 13.0. The normalized spacial score (nSPS) is 18.4. The Morgan fingerprint density at radius 1 is 1.21 bits per heavy atom. The van der Waals surface area contributed by atoms with E-state index in [0.717, 1.165) is 0 Å². The number of nitrogens with zero attached hydrogens (tertiary/aromatic N) is 2. The van der Waals surface area contributed by atoms with E-state index in [-0.39, 0.29) is 19.4 Å². The zero-order valence-electron chi connectivity index (χ0n) is 18.4. The number of aliphatic hydroxyl groups is 1. The van der Waals surface area contributed by atoms with Crippen molar-refractivity contribution >= 4 is 23.7 Å². The highest BCUT2D eigenvalue weighted by atomic mass is 16.4. The summed E-state index contributed by atoms with van der Waals surface area (Å²) in [4.78, 5) is 57.6. The molecule has 2 heterocycles. The number of hydrogen-bond acceptors (Lipinski definition) is 8. The Hall–Kier alpha value is -3.03. The number of carbonyl (C=O) groups is 4. The van der Waals surface area contributed by atoms with Gasteiger partial charge in [-0.15, -0.1) is 0 Å². The second kappa shape index (κ2) is 12.9. The van der Waals surface area contributed by atoms with Gasteiger partial charge < -0.3 is 42.2 Å². The Kier molecular flexibility index (Phi) is 10.2. The molecule has 2 rings (SSSR count). The SMILES string of the molecule is NCCCCC(NC(=O)C(CO)NC(=O)C(N)Cc1cnc[nH]1)C(=O)N1CCCC1C(=O)O. The van der Waals surface area contributed by atoms with Crippen LogP contribution in [0.5, 0.6) is 0 Å². The van der Waals surface area contributed by atoms with Gasteiger partial charge in [-0.3, -0.25) is 14.4 Å². The third-order valence-corrected chi connectivity index (χ3v) is 5.53. The van der Waals surface area contributed by atoms with Gasteiger partial charge in [0.15, 0.2) is 0 Å². The molecular formula is C20H33N7O6. The molecule has 13 nitrogen and oxygen atoms in total. The van der Waals surface area contributed by atoms with Gasteiger partial charge in [-0.05, 0) is 38.6 Å². The predicted molar refractivity (Wildman–Crippen MR) is 116 cm³/mol. The van der Waals surface area contributed by atoms with Gasteiger partial charge in [-0.2, -0.15) is 0 Å². The van der Waals surface area contributed by atoms with Crippen molar-refractivity contribution in [3.8, 4) is 0 Å². The summed E-state index contributed by atoms with van der Waals surface area (Å²) >= 11 is 0. The highest BCUT2D eigenvalue weighted by molar-refractivity contribution is 5.94. The number of aromatic amines is 1. The molecular weight excluding hydrogens is 434 g/mol. The minimum absolute atomic E-state index is 0.150. The van der Waals surface area contributed by atoms with E-state index >= 15 is 0 Å². The van der Waals surface area contributed by atoms with Crippen LogP contribution in [-0.4, -0.2) is 92.6 Å². The fourth-order valence-electron chi connectivity index (χ4n) is 3.71. The van der Waals surface area contributed by atoms with Crippen LogP contribution in [0.25, 0.3) is 0 Å². The molecule has 4 unspecified atom stereocenters. The van der Waals surface area contributed by atoms with Gasteiger partial charge in [-0.1, -0.05) is 0 Å². The average molecular weight is 468 g/mol. The zero-order valence-corrected chi connectivity index (χ0v) is 18.4. The Labute approximate surface area is 191 Å². The molecule has 0 bridgehead atoms. The smallest absolute Gasteiger partial charge is 0.326 e. The van der Waals surface area contributed by atoms with Crippen molar-refractivity contribution in [3.63, 3.8) is 0 Å². The number of imidazole rings is 1. The minimum Gasteiger partial charge on any atom is -0.480 e. The molecule has 1 aliphatic heterocycles. The molecule has 13 heteroatoms. The third kappa shape index (κ3) is 7.51. The summed E-state index contributed by atoms with van der Waals surface area (Å²) in [7, 11) is 0. The number of unbranched alkanes of at least 4 members (excludes halogenated alkanes) is 1. The van der Waals surface area contributed by atoms with Crippen molar-refractivity contribution in [2.24, 2.45) is 11.5 Å². The quantitative estimate of drug-likeness (QED) is 0.152. The number of carbonyl (C=O) groups excluding carboxylic acids is 3. The summed E-state index contributed by atoms with van der Waals surface area (Å²) in [6.07, 6.45) is 5.40. The monoisotopic (exact) mass is 467 g/mol. The predicted octanol–water partition coefficient (Wildman–Crippen LogP) is -2.55. The van der Waals surface area contributed by atoms with Gasteiger partial charge in [0.25, 0.3) is 0 Å². The van der Waals surface area contributed by atoms with Crippen LogP contribution >= 0.6 is 0 Å². The highest BCUT2D eigenvalue weighted by Gasteiger charge is 2.38. The number of carboxylic acid groups (broad SMARTS) is 1. The molecule has 0 aromatic carbocycles. The molecule has 1 fully saturated rings. The fourth-order valence-corrected chi connectivity index (χ4v) is 3.71. The number of nitrogens with one attached hydrogen (secondary N) is 3. The van der Waals surface area contributed by atoms with Crippen LogP contribution < -0.4 is 22.1 Å². The lowest BCUT2D eigenvalue weighted by Gasteiger charge is -2.28. The number of carboxylic acids is 1. The summed E-state index contributed by atoms with van der Waals surface area (Å²) in [5.74, 6) is -3.03. The van der Waals surface area contributed by atoms with Crippen molar-refractivity contribution < 1.29 is 29.4 Å². The van der Waals surface area contributed by atoms with E-state index in [9.17, 15) is 29.4 Å². The first-order valence-electron chi connectivity index (χ1n) is 11.0. The molecule has 1 aliphatic rings. The standard InChI is InChI=1S/C20H33N7O6/c21-6-2-1-4-14(19(31)27-7-3-5-16(27)20(32)33)25-18(30)15(10-28)26-17(29)13(22)8-12-9-23-11-24-12/h9,11,13-16,28H,1-8,10,21-22H2,(H,23,24)(H,25,30)(H,26,29)(H,32,33). The van der Waals surface area contributed by atoms with Crippen LogP contribution in [0, 0.1) is 0 Å². The molecule has 1 aromatic rings. The van der Waals surface area contributed by atoms with Crippen LogP contribution in [-0.2, 0) is 25.6 Å². The molecule has 9 N–H and O–H groups in total. The highest BCUT2D eigenvalue weighted by Crippen LogP contribution is 2.20. The molecule has 4 atom stereocenters. The molecule has 0 saturated carbocycles. The topological polar surface area (TPSA) is 217 Å². The zero-order chi connectivity index (χ0) is 24.4. The summed E-state index contributed by atoms with van der Waals surface area (Å²) in [5, 5.41) is 24.0.